The van der Waals surface area contributed by atoms with Crippen molar-refractivity contribution in [3.63, 3.8) is 0 Å². The summed E-state index contributed by atoms with van der Waals surface area (Å²) in [6.45, 7) is 2.70. The summed E-state index contributed by atoms with van der Waals surface area (Å²) in [4.78, 5) is 13.1. The van der Waals surface area contributed by atoms with Crippen LogP contribution >= 0.6 is 27.7 Å². The van der Waals surface area contributed by atoms with Gasteiger partial charge in [-0.05, 0) is 41.1 Å². The van der Waals surface area contributed by atoms with Crippen LogP contribution in [0.1, 0.15) is 12.5 Å². The van der Waals surface area contributed by atoms with Crippen LogP contribution in [0.2, 0.25) is 0 Å². The summed E-state index contributed by atoms with van der Waals surface area (Å²) in [5, 5.41) is 11.9. The Hall–Kier alpha value is -2.17. The van der Waals surface area contributed by atoms with E-state index in [0.717, 1.165) is 5.75 Å². The molecule has 0 radical (unpaired) electrons. The van der Waals surface area contributed by atoms with Gasteiger partial charge in [-0.1, -0.05) is 18.2 Å². The standard InChI is InChI=1S/C19H19BrN2O3S/c1-2-24-17-11-14(12-21)10-16(20)19(17)25-13-18(23)22-8-9-26-15-6-4-3-5-7-15/h3-7,10-11H,2,8-9,13H2,1H3,(H,22,23). The molecule has 0 saturated heterocycles. The van der Waals surface area contributed by atoms with Crippen molar-refractivity contribution in [2.45, 2.75) is 11.8 Å². The third kappa shape index (κ3) is 6.28. The summed E-state index contributed by atoms with van der Waals surface area (Å²) in [6, 6.07) is 15.3. The van der Waals surface area contributed by atoms with Gasteiger partial charge in [-0.2, -0.15) is 5.26 Å². The molecule has 2 aromatic carbocycles. The van der Waals surface area contributed by atoms with Gasteiger partial charge in [-0.15, -0.1) is 11.8 Å². The van der Waals surface area contributed by atoms with E-state index in [4.69, 9.17) is 14.7 Å². The van der Waals surface area contributed by atoms with E-state index >= 15 is 0 Å². The Labute approximate surface area is 165 Å². The Bertz CT molecular complexity index is 778. The van der Waals surface area contributed by atoms with Gasteiger partial charge < -0.3 is 14.8 Å². The molecule has 0 aromatic heterocycles. The van der Waals surface area contributed by atoms with E-state index < -0.39 is 0 Å². The number of carbonyl (C=O) groups excluding carboxylic acids is 1. The first-order valence-corrected chi connectivity index (χ1v) is 9.85. The number of nitrogens with zero attached hydrogens (tertiary/aromatic N) is 1. The number of benzene rings is 2. The van der Waals surface area contributed by atoms with Crippen molar-refractivity contribution in [3.8, 4) is 17.6 Å². The fraction of sp³-hybridized carbons (Fsp3) is 0.263. The minimum atomic E-state index is -0.211. The molecule has 0 heterocycles. The summed E-state index contributed by atoms with van der Waals surface area (Å²) in [6.07, 6.45) is 0. The Morgan fingerprint density at radius 3 is 2.73 bits per heavy atom. The molecule has 0 unspecified atom stereocenters. The van der Waals surface area contributed by atoms with Gasteiger partial charge in [-0.25, -0.2) is 0 Å². The number of ether oxygens (including phenoxy) is 2. The first-order valence-electron chi connectivity index (χ1n) is 8.07. The highest BCUT2D eigenvalue weighted by Gasteiger charge is 2.14. The normalized spacial score (nSPS) is 10.0. The van der Waals surface area contributed by atoms with Crippen LogP contribution in [0.4, 0.5) is 0 Å². The summed E-state index contributed by atoms with van der Waals surface area (Å²) in [7, 11) is 0. The Kier molecular flexibility index (Phi) is 8.32. The van der Waals surface area contributed by atoms with Crippen molar-refractivity contribution in [2.24, 2.45) is 0 Å². The zero-order chi connectivity index (χ0) is 18.8. The van der Waals surface area contributed by atoms with E-state index in [1.54, 1.807) is 23.9 Å². The zero-order valence-electron chi connectivity index (χ0n) is 14.3. The molecule has 0 aliphatic heterocycles. The maximum absolute atomic E-state index is 12.0. The number of hydrogen-bond donors (Lipinski definition) is 1. The Balaban J connectivity index is 1.82. The lowest BCUT2D eigenvalue weighted by atomic mass is 10.2. The second-order valence-electron chi connectivity index (χ2n) is 5.13. The zero-order valence-corrected chi connectivity index (χ0v) is 16.7. The highest BCUT2D eigenvalue weighted by molar-refractivity contribution is 9.10. The number of amides is 1. The first kappa shape index (κ1) is 20.1. The van der Waals surface area contributed by atoms with Crippen LogP contribution in [0.25, 0.3) is 0 Å². The Morgan fingerprint density at radius 2 is 2.04 bits per heavy atom. The van der Waals surface area contributed by atoms with E-state index in [9.17, 15) is 4.79 Å². The molecule has 7 heteroatoms. The van der Waals surface area contributed by atoms with Gasteiger partial charge in [0.15, 0.2) is 18.1 Å². The van der Waals surface area contributed by atoms with Crippen LogP contribution < -0.4 is 14.8 Å². The highest BCUT2D eigenvalue weighted by atomic mass is 79.9. The first-order chi connectivity index (χ1) is 12.6. The molecule has 2 rings (SSSR count). The minimum Gasteiger partial charge on any atom is -0.490 e. The Morgan fingerprint density at radius 1 is 1.27 bits per heavy atom. The molecule has 0 spiro atoms. The van der Waals surface area contributed by atoms with Gasteiger partial charge in [0.25, 0.3) is 5.91 Å². The third-order valence-electron chi connectivity index (χ3n) is 3.22. The van der Waals surface area contributed by atoms with Crippen LogP contribution in [-0.4, -0.2) is 31.4 Å². The third-order valence-corrected chi connectivity index (χ3v) is 4.83. The summed E-state index contributed by atoms with van der Waals surface area (Å²) < 4.78 is 11.7. The van der Waals surface area contributed by atoms with Crippen LogP contribution in [0.3, 0.4) is 0 Å². The van der Waals surface area contributed by atoms with Crippen LogP contribution in [-0.2, 0) is 4.79 Å². The second-order valence-corrected chi connectivity index (χ2v) is 7.15. The largest absolute Gasteiger partial charge is 0.490 e. The number of thioether (sulfide) groups is 1. The number of rotatable bonds is 9. The molecule has 26 heavy (non-hydrogen) atoms. The van der Waals surface area contributed by atoms with E-state index in [1.165, 1.54) is 4.90 Å². The highest BCUT2D eigenvalue weighted by Crippen LogP contribution is 2.36. The fourth-order valence-corrected chi connectivity index (χ4v) is 3.45. The quantitative estimate of drug-likeness (QED) is 0.476. The van der Waals surface area contributed by atoms with Crippen molar-refractivity contribution >= 4 is 33.6 Å². The molecule has 0 aliphatic rings. The second kappa shape index (κ2) is 10.7. The maximum atomic E-state index is 12.0. The van der Waals surface area contributed by atoms with Crippen LogP contribution in [0.15, 0.2) is 51.8 Å². The molecular formula is C19H19BrN2O3S. The van der Waals surface area contributed by atoms with Crippen molar-refractivity contribution in [1.82, 2.24) is 5.32 Å². The van der Waals surface area contributed by atoms with Crippen LogP contribution in [0, 0.1) is 11.3 Å². The van der Waals surface area contributed by atoms with Gasteiger partial charge in [0.1, 0.15) is 0 Å². The lowest BCUT2D eigenvalue weighted by Crippen LogP contribution is -2.30. The smallest absolute Gasteiger partial charge is 0.257 e. The lowest BCUT2D eigenvalue weighted by Gasteiger charge is -2.14. The molecule has 0 fully saturated rings. The molecular weight excluding hydrogens is 416 g/mol. The summed E-state index contributed by atoms with van der Waals surface area (Å²) in [5.41, 5.74) is 0.454. The average molecular weight is 435 g/mol. The van der Waals surface area contributed by atoms with E-state index in [2.05, 4.69) is 27.3 Å². The average Bonchev–Trinajstić information content (AvgIpc) is 2.65. The monoisotopic (exact) mass is 434 g/mol. The van der Waals surface area contributed by atoms with E-state index in [1.807, 2.05) is 37.3 Å². The summed E-state index contributed by atoms with van der Waals surface area (Å²) in [5.74, 6) is 1.42. The van der Waals surface area contributed by atoms with E-state index in [-0.39, 0.29) is 12.5 Å². The minimum absolute atomic E-state index is 0.124. The van der Waals surface area contributed by atoms with Gasteiger partial charge in [0.2, 0.25) is 0 Å². The molecule has 1 N–H and O–H groups in total. The van der Waals surface area contributed by atoms with Crippen molar-refractivity contribution in [2.75, 3.05) is 25.5 Å². The molecule has 2 aromatic rings. The SMILES string of the molecule is CCOc1cc(C#N)cc(Br)c1OCC(=O)NCCSc1ccccc1. The van der Waals surface area contributed by atoms with E-state index in [0.29, 0.717) is 34.7 Å². The molecule has 1 amide bonds. The molecule has 0 bridgehead atoms. The van der Waals surface area contributed by atoms with Gasteiger partial charge in [-0.3, -0.25) is 4.79 Å². The number of hydrogen-bond acceptors (Lipinski definition) is 5. The lowest BCUT2D eigenvalue weighted by molar-refractivity contribution is -0.122. The molecule has 0 atom stereocenters. The predicted molar refractivity (Wildman–Crippen MR) is 106 cm³/mol. The molecule has 5 nitrogen and oxygen atoms in total. The molecule has 0 aliphatic carbocycles. The van der Waals surface area contributed by atoms with Gasteiger partial charge in [0.05, 0.1) is 22.7 Å². The van der Waals surface area contributed by atoms with Gasteiger partial charge >= 0.3 is 0 Å². The summed E-state index contributed by atoms with van der Waals surface area (Å²) >= 11 is 5.04. The molecule has 0 saturated carbocycles. The maximum Gasteiger partial charge on any atom is 0.257 e. The number of halogens is 1. The predicted octanol–water partition coefficient (Wildman–Crippen LogP) is 4.01. The van der Waals surface area contributed by atoms with Crippen molar-refractivity contribution in [1.29, 1.82) is 5.26 Å². The number of nitrogens with one attached hydrogen (secondary N) is 1. The van der Waals surface area contributed by atoms with Crippen molar-refractivity contribution < 1.29 is 14.3 Å². The van der Waals surface area contributed by atoms with Gasteiger partial charge in [0, 0.05) is 23.3 Å². The number of carbonyl (C=O) groups is 1. The van der Waals surface area contributed by atoms with Crippen molar-refractivity contribution in [3.05, 3.63) is 52.5 Å². The molecule has 136 valence electrons. The van der Waals surface area contributed by atoms with Crippen LogP contribution in [0.5, 0.6) is 11.5 Å². The topological polar surface area (TPSA) is 71.3 Å². The number of nitriles is 1. The fourth-order valence-electron chi connectivity index (χ4n) is 2.10.